The van der Waals surface area contributed by atoms with E-state index in [9.17, 15) is 23.7 Å². The standard InChI is InChI=1S/C24H25FNO5P/c1-5-24(15(4)27,32(29)30)23(28)31-22-20(16-10-12-17(25)13-11-16)18-8-6-7-9-19(18)26-21(22)14(2)3/h1,10-15,27H,6-9H2,2-4H3/p+1. The van der Waals surface area contributed by atoms with E-state index in [2.05, 4.69) is 0 Å². The number of benzene rings is 1. The number of aromatic nitrogens is 1. The van der Waals surface area contributed by atoms with Crippen molar-refractivity contribution in [3.05, 3.63) is 47.0 Å². The van der Waals surface area contributed by atoms with Crippen molar-refractivity contribution in [2.75, 3.05) is 0 Å². The first-order valence-corrected chi connectivity index (χ1v) is 11.7. The van der Waals surface area contributed by atoms with Crippen LogP contribution in [0.25, 0.3) is 11.1 Å². The molecule has 1 heterocycles. The summed E-state index contributed by atoms with van der Waals surface area (Å²) in [5, 5.41) is 7.69. The van der Waals surface area contributed by atoms with Gasteiger partial charge < -0.3 is 9.84 Å². The molecule has 0 aliphatic heterocycles. The molecule has 3 unspecified atom stereocenters. The Hall–Kier alpha value is -2.65. The lowest BCUT2D eigenvalue weighted by Crippen LogP contribution is -2.46. The van der Waals surface area contributed by atoms with Gasteiger partial charge in [0.2, 0.25) is 0 Å². The van der Waals surface area contributed by atoms with Gasteiger partial charge in [-0.25, -0.2) is 9.18 Å². The molecule has 3 atom stereocenters. The average molecular weight is 458 g/mol. The van der Waals surface area contributed by atoms with E-state index in [1.54, 1.807) is 12.1 Å². The first-order chi connectivity index (χ1) is 15.1. The van der Waals surface area contributed by atoms with Gasteiger partial charge in [0.25, 0.3) is 0 Å². The van der Waals surface area contributed by atoms with Crippen LogP contribution in [0.5, 0.6) is 5.75 Å². The van der Waals surface area contributed by atoms with Gasteiger partial charge in [-0.1, -0.05) is 26.0 Å². The summed E-state index contributed by atoms with van der Waals surface area (Å²) in [7, 11) is -3.31. The molecule has 8 heteroatoms. The van der Waals surface area contributed by atoms with E-state index in [4.69, 9.17) is 16.1 Å². The maximum atomic E-state index is 13.6. The van der Waals surface area contributed by atoms with Crippen LogP contribution in [0.15, 0.2) is 24.3 Å². The van der Waals surface area contributed by atoms with Crippen LogP contribution >= 0.6 is 8.03 Å². The Morgan fingerprint density at radius 1 is 1.25 bits per heavy atom. The van der Waals surface area contributed by atoms with E-state index in [1.807, 2.05) is 19.8 Å². The number of fused-ring (bicyclic) bond motifs is 1. The summed E-state index contributed by atoms with van der Waals surface area (Å²) in [6.07, 6.45) is 7.16. The number of halogens is 1. The molecular formula is C24H26FNO5P+. The molecule has 2 aromatic rings. The van der Waals surface area contributed by atoms with Crippen LogP contribution in [0.3, 0.4) is 0 Å². The molecule has 0 fully saturated rings. The summed E-state index contributed by atoms with van der Waals surface area (Å²) in [5.41, 5.74) is 3.51. The maximum absolute atomic E-state index is 13.6. The molecule has 0 saturated carbocycles. The molecule has 0 saturated heterocycles. The normalized spacial score (nSPS) is 16.5. The molecule has 3 rings (SSSR count). The van der Waals surface area contributed by atoms with Crippen LogP contribution < -0.4 is 4.74 Å². The van der Waals surface area contributed by atoms with Gasteiger partial charge in [-0.2, -0.15) is 4.89 Å². The Morgan fingerprint density at radius 3 is 2.41 bits per heavy atom. The SMILES string of the molecule is C#CC(C(=O)Oc1c(C(C)C)nc2c(c1-c1ccc(F)cc1)CCCC2)(C(C)O)[P+](=O)O. The molecule has 1 aliphatic carbocycles. The highest BCUT2D eigenvalue weighted by atomic mass is 31.1. The zero-order valence-electron chi connectivity index (χ0n) is 18.3. The number of carbonyl (C=O) groups excluding carboxylic acids is 1. The number of carbonyl (C=O) groups is 1. The number of hydrogen-bond donors (Lipinski definition) is 2. The molecule has 0 radical (unpaired) electrons. The molecule has 1 aromatic carbocycles. The van der Waals surface area contributed by atoms with E-state index >= 15 is 0 Å². The zero-order chi connectivity index (χ0) is 23.6. The van der Waals surface area contributed by atoms with Crippen molar-refractivity contribution in [3.63, 3.8) is 0 Å². The van der Waals surface area contributed by atoms with Crippen molar-refractivity contribution in [2.24, 2.45) is 0 Å². The molecule has 1 aliphatic rings. The van der Waals surface area contributed by atoms with Gasteiger partial charge in [0, 0.05) is 11.3 Å². The summed E-state index contributed by atoms with van der Waals surface area (Å²) in [4.78, 5) is 27.8. The summed E-state index contributed by atoms with van der Waals surface area (Å²) in [5.74, 6) is 0.337. The van der Waals surface area contributed by atoms with E-state index in [-0.39, 0.29) is 11.7 Å². The lowest BCUT2D eigenvalue weighted by atomic mass is 9.86. The van der Waals surface area contributed by atoms with E-state index in [0.717, 1.165) is 30.5 Å². The van der Waals surface area contributed by atoms with Crippen LogP contribution in [0.1, 0.15) is 56.5 Å². The third kappa shape index (κ3) is 4.19. The number of pyridine rings is 1. The largest absolute Gasteiger partial charge is 0.540 e. The minimum atomic E-state index is -3.31. The lowest BCUT2D eigenvalue weighted by molar-refractivity contribution is -0.138. The van der Waals surface area contributed by atoms with Gasteiger partial charge in [0.05, 0.1) is 5.69 Å². The van der Waals surface area contributed by atoms with Crippen molar-refractivity contribution in [3.8, 4) is 29.2 Å². The smallest absolute Gasteiger partial charge is 0.419 e. The number of aliphatic hydroxyl groups is 1. The van der Waals surface area contributed by atoms with Crippen LogP contribution in [-0.2, 0) is 22.2 Å². The second kappa shape index (κ2) is 9.46. The van der Waals surface area contributed by atoms with Crippen molar-refractivity contribution in [1.82, 2.24) is 4.98 Å². The van der Waals surface area contributed by atoms with Crippen LogP contribution in [0, 0.1) is 18.2 Å². The van der Waals surface area contributed by atoms with Gasteiger partial charge in [0.1, 0.15) is 11.9 Å². The lowest BCUT2D eigenvalue weighted by Gasteiger charge is -2.26. The molecule has 1 aromatic heterocycles. The number of aryl methyl sites for hydroxylation is 1. The summed E-state index contributed by atoms with van der Waals surface area (Å²) in [6, 6.07) is 5.82. The summed E-state index contributed by atoms with van der Waals surface area (Å²) >= 11 is 0. The zero-order valence-corrected chi connectivity index (χ0v) is 19.2. The Morgan fingerprint density at radius 2 is 1.88 bits per heavy atom. The second-order valence-corrected chi connectivity index (χ2v) is 9.50. The number of nitrogens with zero attached hydrogens (tertiary/aromatic N) is 1. The van der Waals surface area contributed by atoms with Crippen molar-refractivity contribution in [2.45, 2.75) is 63.6 Å². The van der Waals surface area contributed by atoms with Gasteiger partial charge in [-0.15, -0.1) is 6.42 Å². The van der Waals surface area contributed by atoms with Crippen molar-refractivity contribution < 1.29 is 28.5 Å². The average Bonchev–Trinajstić information content (AvgIpc) is 2.74. The minimum absolute atomic E-state index is 0.120. The highest BCUT2D eigenvalue weighted by Gasteiger charge is 2.62. The molecule has 6 nitrogen and oxygen atoms in total. The fourth-order valence-electron chi connectivity index (χ4n) is 3.97. The van der Waals surface area contributed by atoms with Crippen LogP contribution in [0.2, 0.25) is 0 Å². The Labute approximate surface area is 187 Å². The second-order valence-electron chi connectivity index (χ2n) is 8.24. The van der Waals surface area contributed by atoms with Gasteiger partial charge in [-0.3, -0.25) is 4.98 Å². The first kappa shape index (κ1) is 24.0. The van der Waals surface area contributed by atoms with E-state index in [1.165, 1.54) is 19.1 Å². The van der Waals surface area contributed by atoms with Gasteiger partial charge in [0.15, 0.2) is 5.75 Å². The third-order valence-electron chi connectivity index (χ3n) is 5.77. The highest BCUT2D eigenvalue weighted by molar-refractivity contribution is 7.42. The summed E-state index contributed by atoms with van der Waals surface area (Å²) < 4.78 is 31.4. The number of rotatable bonds is 6. The molecule has 0 spiro atoms. The molecule has 2 N–H and O–H groups in total. The molecule has 0 bridgehead atoms. The van der Waals surface area contributed by atoms with Crippen molar-refractivity contribution in [1.29, 1.82) is 0 Å². The maximum Gasteiger partial charge on any atom is 0.540 e. The van der Waals surface area contributed by atoms with E-state index in [0.29, 0.717) is 23.2 Å². The van der Waals surface area contributed by atoms with Crippen molar-refractivity contribution >= 4 is 14.0 Å². The topological polar surface area (TPSA) is 96.7 Å². The fraction of sp³-hybridized carbons (Fsp3) is 0.417. The predicted octanol–water partition coefficient (Wildman–Crippen LogP) is 4.28. The fourth-order valence-corrected chi connectivity index (χ4v) is 4.61. The van der Waals surface area contributed by atoms with Crippen LogP contribution in [0.4, 0.5) is 4.39 Å². The number of terminal acetylenes is 1. The molecule has 168 valence electrons. The van der Waals surface area contributed by atoms with Gasteiger partial charge in [-0.05, 0) is 72.3 Å². The number of ether oxygens (including phenoxy) is 1. The number of hydrogen-bond acceptors (Lipinski definition) is 5. The first-order valence-electron chi connectivity index (χ1n) is 10.5. The molecule has 32 heavy (non-hydrogen) atoms. The Bertz CT molecular complexity index is 1090. The Balaban J connectivity index is 2.28. The Kier molecular flexibility index (Phi) is 7.09. The molecular weight excluding hydrogens is 432 g/mol. The third-order valence-corrected chi connectivity index (χ3v) is 7.06. The molecule has 0 amide bonds. The number of esters is 1. The highest BCUT2D eigenvalue weighted by Crippen LogP contribution is 2.45. The summed E-state index contributed by atoms with van der Waals surface area (Å²) in [6.45, 7) is 4.94. The predicted molar refractivity (Wildman–Crippen MR) is 119 cm³/mol. The van der Waals surface area contributed by atoms with E-state index < -0.39 is 31.1 Å². The number of aliphatic hydroxyl groups excluding tert-OH is 1. The minimum Gasteiger partial charge on any atom is -0.419 e. The quantitative estimate of drug-likeness (QED) is 0.381. The van der Waals surface area contributed by atoms with Crippen LogP contribution in [-0.4, -0.2) is 32.2 Å². The van der Waals surface area contributed by atoms with Gasteiger partial charge >= 0.3 is 19.2 Å². The monoisotopic (exact) mass is 458 g/mol.